The van der Waals surface area contributed by atoms with Crippen LogP contribution in [-0.2, 0) is 17.7 Å². The van der Waals surface area contributed by atoms with Gasteiger partial charge in [-0.1, -0.05) is 12.1 Å². The van der Waals surface area contributed by atoms with Gasteiger partial charge in [0, 0.05) is 18.8 Å². The van der Waals surface area contributed by atoms with E-state index in [1.54, 1.807) is 5.56 Å². The fraction of sp³-hybridized carbons (Fsp3) is 0.625. The second kappa shape index (κ2) is 4.80. The Morgan fingerprint density at radius 2 is 2.26 bits per heavy atom. The Morgan fingerprint density at radius 3 is 3.26 bits per heavy atom. The maximum absolute atomic E-state index is 5.94. The molecule has 0 spiro atoms. The molecule has 3 heteroatoms. The third-order valence-corrected chi connectivity index (χ3v) is 4.91. The first kappa shape index (κ1) is 11.7. The Bertz CT molecular complexity index is 474. The number of anilines is 1. The Kier molecular flexibility index (Phi) is 2.97. The van der Waals surface area contributed by atoms with Gasteiger partial charge in [0.25, 0.3) is 0 Å². The number of ether oxygens (including phenoxy) is 1. The highest BCUT2D eigenvalue weighted by Crippen LogP contribution is 2.36. The topological polar surface area (TPSA) is 24.5 Å². The molecule has 3 nitrogen and oxygen atoms in total. The monoisotopic (exact) mass is 258 g/mol. The van der Waals surface area contributed by atoms with Crippen LogP contribution in [0, 0.1) is 0 Å². The second-order valence-electron chi connectivity index (χ2n) is 5.94. The number of nitrogens with zero attached hydrogens (tertiary/aromatic N) is 1. The third-order valence-electron chi connectivity index (χ3n) is 4.91. The van der Waals surface area contributed by atoms with Crippen molar-refractivity contribution in [1.29, 1.82) is 0 Å². The fourth-order valence-corrected chi connectivity index (χ4v) is 4.01. The second-order valence-corrected chi connectivity index (χ2v) is 5.94. The van der Waals surface area contributed by atoms with Crippen molar-refractivity contribution in [2.75, 3.05) is 24.6 Å². The zero-order valence-corrected chi connectivity index (χ0v) is 11.4. The molecule has 2 atom stereocenters. The van der Waals surface area contributed by atoms with Gasteiger partial charge in [-0.25, -0.2) is 0 Å². The Morgan fingerprint density at radius 1 is 1.26 bits per heavy atom. The van der Waals surface area contributed by atoms with Crippen LogP contribution in [0.3, 0.4) is 0 Å². The molecular formula is C16H22N2O. The van der Waals surface area contributed by atoms with Crippen molar-refractivity contribution >= 4 is 5.69 Å². The largest absolute Gasteiger partial charge is 0.374 e. The van der Waals surface area contributed by atoms with Gasteiger partial charge in [-0.05, 0) is 49.4 Å². The lowest BCUT2D eigenvalue weighted by Gasteiger charge is -2.41. The molecule has 19 heavy (non-hydrogen) atoms. The van der Waals surface area contributed by atoms with Gasteiger partial charge < -0.3 is 15.0 Å². The first-order valence-corrected chi connectivity index (χ1v) is 7.63. The van der Waals surface area contributed by atoms with Crippen molar-refractivity contribution in [3.63, 3.8) is 0 Å². The van der Waals surface area contributed by atoms with Crippen LogP contribution in [0.1, 0.15) is 30.4 Å². The number of rotatable bonds is 1. The Balaban J connectivity index is 1.71. The van der Waals surface area contributed by atoms with Crippen LogP contribution in [0.25, 0.3) is 0 Å². The van der Waals surface area contributed by atoms with Crippen molar-refractivity contribution in [1.82, 2.24) is 5.32 Å². The van der Waals surface area contributed by atoms with E-state index in [0.717, 1.165) is 26.2 Å². The van der Waals surface area contributed by atoms with Gasteiger partial charge >= 0.3 is 0 Å². The van der Waals surface area contributed by atoms with Gasteiger partial charge in [-0.2, -0.15) is 0 Å². The average molecular weight is 258 g/mol. The average Bonchev–Trinajstić information content (AvgIpc) is 2.95. The molecule has 4 rings (SSSR count). The molecule has 1 saturated heterocycles. The molecule has 1 aliphatic carbocycles. The normalized spacial score (nSPS) is 30.0. The molecule has 1 aromatic rings. The minimum absolute atomic E-state index is 0.478. The lowest BCUT2D eigenvalue weighted by atomic mass is 9.97. The van der Waals surface area contributed by atoms with Crippen molar-refractivity contribution in [2.24, 2.45) is 0 Å². The molecular weight excluding hydrogens is 236 g/mol. The first-order chi connectivity index (χ1) is 9.43. The van der Waals surface area contributed by atoms with E-state index in [2.05, 4.69) is 28.4 Å². The van der Waals surface area contributed by atoms with E-state index in [1.165, 1.54) is 36.9 Å². The first-order valence-electron chi connectivity index (χ1n) is 7.63. The maximum Gasteiger partial charge on any atom is 0.0779 e. The summed E-state index contributed by atoms with van der Waals surface area (Å²) in [6, 6.07) is 7.44. The van der Waals surface area contributed by atoms with E-state index in [-0.39, 0.29) is 0 Å². The van der Waals surface area contributed by atoms with Gasteiger partial charge in [-0.3, -0.25) is 0 Å². The molecule has 2 fully saturated rings. The van der Waals surface area contributed by atoms with E-state index in [9.17, 15) is 0 Å². The standard InChI is InChI=1S/C16H22N2O/c1-3-12-11-17-8-7-13(12)14(4-1)18-9-10-19-16-6-2-5-15(16)18/h1,3-4,15-17H,2,5-11H2. The van der Waals surface area contributed by atoms with Crippen LogP contribution in [0.4, 0.5) is 5.69 Å². The molecule has 0 bridgehead atoms. The van der Waals surface area contributed by atoms with Gasteiger partial charge in [0.05, 0.1) is 18.8 Å². The molecule has 102 valence electrons. The van der Waals surface area contributed by atoms with Gasteiger partial charge in [-0.15, -0.1) is 0 Å². The molecule has 0 radical (unpaired) electrons. The number of hydrogen-bond acceptors (Lipinski definition) is 3. The highest BCUT2D eigenvalue weighted by molar-refractivity contribution is 5.59. The lowest BCUT2D eigenvalue weighted by Crippen LogP contribution is -2.49. The third kappa shape index (κ3) is 1.96. The van der Waals surface area contributed by atoms with E-state index < -0.39 is 0 Å². The molecule has 0 aromatic heterocycles. The van der Waals surface area contributed by atoms with E-state index >= 15 is 0 Å². The highest BCUT2D eigenvalue weighted by atomic mass is 16.5. The quantitative estimate of drug-likeness (QED) is 0.835. The zero-order chi connectivity index (χ0) is 12.7. The summed E-state index contributed by atoms with van der Waals surface area (Å²) in [5.74, 6) is 0. The fourth-order valence-electron chi connectivity index (χ4n) is 4.01. The van der Waals surface area contributed by atoms with E-state index in [0.29, 0.717) is 12.1 Å². The lowest BCUT2D eigenvalue weighted by molar-refractivity contribution is 0.0255. The number of nitrogens with one attached hydrogen (secondary N) is 1. The molecule has 1 aromatic carbocycles. The van der Waals surface area contributed by atoms with Crippen molar-refractivity contribution in [3.05, 3.63) is 29.3 Å². The molecule has 3 aliphatic rings. The summed E-state index contributed by atoms with van der Waals surface area (Å²) < 4.78 is 5.94. The van der Waals surface area contributed by atoms with Crippen molar-refractivity contribution in [2.45, 2.75) is 44.4 Å². The van der Waals surface area contributed by atoms with Crippen LogP contribution in [0.5, 0.6) is 0 Å². The predicted octanol–water partition coefficient (Wildman–Crippen LogP) is 2.09. The molecule has 2 aliphatic heterocycles. The minimum Gasteiger partial charge on any atom is -0.374 e. The smallest absolute Gasteiger partial charge is 0.0779 e. The number of morpholine rings is 1. The van der Waals surface area contributed by atoms with Gasteiger partial charge in [0.1, 0.15) is 0 Å². The van der Waals surface area contributed by atoms with Crippen molar-refractivity contribution in [3.8, 4) is 0 Å². The zero-order valence-electron chi connectivity index (χ0n) is 11.4. The van der Waals surface area contributed by atoms with Gasteiger partial charge in [0.15, 0.2) is 0 Å². The Labute approximate surface area is 114 Å². The summed E-state index contributed by atoms with van der Waals surface area (Å²) >= 11 is 0. The summed E-state index contributed by atoms with van der Waals surface area (Å²) in [4.78, 5) is 2.64. The summed E-state index contributed by atoms with van der Waals surface area (Å²) in [5.41, 5.74) is 4.55. The molecule has 0 amide bonds. The molecule has 2 heterocycles. The van der Waals surface area contributed by atoms with Crippen LogP contribution >= 0.6 is 0 Å². The van der Waals surface area contributed by atoms with Crippen LogP contribution < -0.4 is 10.2 Å². The molecule has 1 saturated carbocycles. The Hall–Kier alpha value is -1.06. The number of benzene rings is 1. The van der Waals surface area contributed by atoms with Crippen LogP contribution in [0.2, 0.25) is 0 Å². The summed E-state index contributed by atoms with van der Waals surface area (Å²) in [7, 11) is 0. The van der Waals surface area contributed by atoms with Crippen LogP contribution in [0.15, 0.2) is 18.2 Å². The summed E-state index contributed by atoms with van der Waals surface area (Å²) in [5, 5.41) is 3.47. The highest BCUT2D eigenvalue weighted by Gasteiger charge is 2.37. The van der Waals surface area contributed by atoms with Gasteiger partial charge in [0.2, 0.25) is 0 Å². The van der Waals surface area contributed by atoms with E-state index in [1.807, 2.05) is 0 Å². The van der Waals surface area contributed by atoms with E-state index in [4.69, 9.17) is 4.74 Å². The minimum atomic E-state index is 0.478. The van der Waals surface area contributed by atoms with Crippen molar-refractivity contribution < 1.29 is 4.74 Å². The number of hydrogen-bond donors (Lipinski definition) is 1. The number of fused-ring (bicyclic) bond motifs is 2. The molecule has 1 N–H and O–H groups in total. The maximum atomic E-state index is 5.94. The summed E-state index contributed by atoms with van der Waals surface area (Å²) in [6.07, 6.45) is 5.51. The van der Waals surface area contributed by atoms with Crippen LogP contribution in [-0.4, -0.2) is 31.8 Å². The molecule has 2 unspecified atom stereocenters. The SMILES string of the molecule is c1cc2c(c(N3CCOC4CCCC43)c1)CCNC2. The predicted molar refractivity (Wildman–Crippen MR) is 76.6 cm³/mol. The summed E-state index contributed by atoms with van der Waals surface area (Å²) in [6.45, 7) is 4.10.